The van der Waals surface area contributed by atoms with Gasteiger partial charge in [0, 0.05) is 24.8 Å². The van der Waals surface area contributed by atoms with Gasteiger partial charge in [-0.2, -0.15) is 0 Å². The standard InChI is InChI=1S/C15H23N5/c1-11-7-8-13-14(17-11)20(15(16)18-13)10-9-19(2)12-5-3-4-6-12/h7-8,12H,3-6,9-10H2,1-2H3,(H2,16,18). The summed E-state index contributed by atoms with van der Waals surface area (Å²) in [4.78, 5) is 11.4. The summed E-state index contributed by atoms with van der Waals surface area (Å²) in [5.74, 6) is 0.568. The molecule has 0 radical (unpaired) electrons. The monoisotopic (exact) mass is 273 g/mol. The summed E-state index contributed by atoms with van der Waals surface area (Å²) in [5.41, 5.74) is 8.83. The summed E-state index contributed by atoms with van der Waals surface area (Å²) in [6.45, 7) is 3.85. The second kappa shape index (κ2) is 5.40. The van der Waals surface area contributed by atoms with Crippen molar-refractivity contribution < 1.29 is 0 Å². The topological polar surface area (TPSA) is 60.0 Å². The van der Waals surface area contributed by atoms with Gasteiger partial charge in [-0.25, -0.2) is 9.97 Å². The van der Waals surface area contributed by atoms with E-state index in [1.165, 1.54) is 25.7 Å². The fraction of sp³-hybridized carbons (Fsp3) is 0.600. The second-order valence-electron chi connectivity index (χ2n) is 5.84. The van der Waals surface area contributed by atoms with Crippen LogP contribution in [-0.4, -0.2) is 39.1 Å². The normalized spacial score (nSPS) is 16.6. The molecule has 2 aromatic rings. The largest absolute Gasteiger partial charge is 0.369 e. The molecule has 1 aliphatic rings. The van der Waals surface area contributed by atoms with E-state index < -0.39 is 0 Å². The number of nitrogens with zero attached hydrogens (tertiary/aromatic N) is 4. The number of likely N-dealkylation sites (N-methyl/N-ethyl adjacent to an activating group) is 1. The maximum Gasteiger partial charge on any atom is 0.202 e. The molecule has 0 aromatic carbocycles. The molecule has 2 N–H and O–H groups in total. The Morgan fingerprint density at radius 3 is 2.80 bits per heavy atom. The Morgan fingerprint density at radius 1 is 1.30 bits per heavy atom. The number of nitrogens with two attached hydrogens (primary N) is 1. The van der Waals surface area contributed by atoms with Crippen LogP contribution in [0, 0.1) is 6.92 Å². The van der Waals surface area contributed by atoms with Crippen LogP contribution in [0.3, 0.4) is 0 Å². The average molecular weight is 273 g/mol. The Hall–Kier alpha value is -1.62. The third-order valence-corrected chi connectivity index (χ3v) is 4.39. The summed E-state index contributed by atoms with van der Waals surface area (Å²) in [6.07, 6.45) is 5.39. The molecule has 3 rings (SSSR count). The van der Waals surface area contributed by atoms with Crippen molar-refractivity contribution >= 4 is 17.1 Å². The van der Waals surface area contributed by atoms with E-state index in [0.717, 1.165) is 36.0 Å². The molecule has 20 heavy (non-hydrogen) atoms. The molecule has 0 bridgehead atoms. The number of fused-ring (bicyclic) bond motifs is 1. The molecule has 1 saturated carbocycles. The molecule has 1 aliphatic carbocycles. The van der Waals surface area contributed by atoms with Crippen molar-refractivity contribution in [3.8, 4) is 0 Å². The van der Waals surface area contributed by atoms with E-state index in [4.69, 9.17) is 5.73 Å². The first-order chi connectivity index (χ1) is 9.65. The number of aromatic nitrogens is 3. The zero-order valence-electron chi connectivity index (χ0n) is 12.3. The highest BCUT2D eigenvalue weighted by Crippen LogP contribution is 2.23. The van der Waals surface area contributed by atoms with Crippen molar-refractivity contribution in [3.05, 3.63) is 17.8 Å². The van der Waals surface area contributed by atoms with E-state index in [-0.39, 0.29) is 0 Å². The highest BCUT2D eigenvalue weighted by molar-refractivity contribution is 5.74. The minimum absolute atomic E-state index is 0.568. The van der Waals surface area contributed by atoms with Crippen molar-refractivity contribution in [3.63, 3.8) is 0 Å². The fourth-order valence-corrected chi connectivity index (χ4v) is 3.12. The first-order valence-corrected chi connectivity index (χ1v) is 7.45. The number of rotatable bonds is 4. The number of aryl methyl sites for hydroxylation is 1. The van der Waals surface area contributed by atoms with E-state index in [1.807, 2.05) is 23.6 Å². The van der Waals surface area contributed by atoms with Crippen molar-refractivity contribution in [2.45, 2.75) is 45.2 Å². The maximum absolute atomic E-state index is 6.04. The molecule has 108 valence electrons. The van der Waals surface area contributed by atoms with Crippen LogP contribution in [0.25, 0.3) is 11.2 Å². The van der Waals surface area contributed by atoms with Crippen LogP contribution in [0.1, 0.15) is 31.4 Å². The number of anilines is 1. The van der Waals surface area contributed by atoms with E-state index in [1.54, 1.807) is 0 Å². The van der Waals surface area contributed by atoms with E-state index in [2.05, 4.69) is 21.9 Å². The smallest absolute Gasteiger partial charge is 0.202 e. The van der Waals surface area contributed by atoms with Crippen LogP contribution in [0.2, 0.25) is 0 Å². The lowest BCUT2D eigenvalue weighted by Crippen LogP contribution is -2.32. The Kier molecular flexibility index (Phi) is 3.61. The average Bonchev–Trinajstić information content (AvgIpc) is 3.04. The van der Waals surface area contributed by atoms with Gasteiger partial charge in [0.2, 0.25) is 5.95 Å². The van der Waals surface area contributed by atoms with Gasteiger partial charge in [-0.05, 0) is 38.9 Å². The van der Waals surface area contributed by atoms with Crippen molar-refractivity contribution in [2.75, 3.05) is 19.3 Å². The van der Waals surface area contributed by atoms with Gasteiger partial charge in [0.25, 0.3) is 0 Å². The summed E-state index contributed by atoms with van der Waals surface area (Å²) >= 11 is 0. The molecule has 2 aromatic heterocycles. The Balaban J connectivity index is 1.76. The minimum Gasteiger partial charge on any atom is -0.369 e. The van der Waals surface area contributed by atoms with Crippen LogP contribution in [0.5, 0.6) is 0 Å². The molecule has 0 saturated heterocycles. The number of hydrogen-bond acceptors (Lipinski definition) is 4. The highest BCUT2D eigenvalue weighted by Gasteiger charge is 2.19. The molecule has 0 atom stereocenters. The third-order valence-electron chi connectivity index (χ3n) is 4.39. The van der Waals surface area contributed by atoms with Crippen molar-refractivity contribution in [1.82, 2.24) is 19.4 Å². The van der Waals surface area contributed by atoms with E-state index in [0.29, 0.717) is 5.95 Å². The summed E-state index contributed by atoms with van der Waals surface area (Å²) in [6, 6.07) is 4.70. The van der Waals surface area contributed by atoms with Gasteiger partial charge in [0.15, 0.2) is 5.65 Å². The van der Waals surface area contributed by atoms with Gasteiger partial charge in [-0.3, -0.25) is 4.57 Å². The van der Waals surface area contributed by atoms with Crippen LogP contribution in [0.4, 0.5) is 5.95 Å². The Labute approximate surface area is 119 Å². The van der Waals surface area contributed by atoms with Crippen molar-refractivity contribution in [1.29, 1.82) is 0 Å². The molecule has 1 fully saturated rings. The van der Waals surface area contributed by atoms with Gasteiger partial charge in [-0.1, -0.05) is 12.8 Å². The number of hydrogen-bond donors (Lipinski definition) is 1. The minimum atomic E-state index is 0.568. The summed E-state index contributed by atoms with van der Waals surface area (Å²) in [5, 5.41) is 0. The SMILES string of the molecule is Cc1ccc2nc(N)n(CCN(C)C3CCCC3)c2n1. The lowest BCUT2D eigenvalue weighted by atomic mass is 10.2. The second-order valence-corrected chi connectivity index (χ2v) is 5.84. The van der Waals surface area contributed by atoms with Crippen molar-refractivity contribution in [2.24, 2.45) is 0 Å². The summed E-state index contributed by atoms with van der Waals surface area (Å²) < 4.78 is 2.04. The molecular weight excluding hydrogens is 250 g/mol. The van der Waals surface area contributed by atoms with Crippen LogP contribution < -0.4 is 5.73 Å². The predicted molar refractivity (Wildman–Crippen MR) is 81.6 cm³/mol. The van der Waals surface area contributed by atoms with Gasteiger partial charge >= 0.3 is 0 Å². The Morgan fingerprint density at radius 2 is 2.05 bits per heavy atom. The Bertz CT molecular complexity index is 598. The lowest BCUT2D eigenvalue weighted by Gasteiger charge is -2.24. The molecule has 2 heterocycles. The number of imidazole rings is 1. The quantitative estimate of drug-likeness (QED) is 0.927. The van der Waals surface area contributed by atoms with Gasteiger partial charge < -0.3 is 10.6 Å². The number of nitrogen functional groups attached to an aromatic ring is 1. The van der Waals surface area contributed by atoms with Crippen LogP contribution >= 0.6 is 0 Å². The third kappa shape index (κ3) is 2.50. The highest BCUT2D eigenvalue weighted by atomic mass is 15.2. The first-order valence-electron chi connectivity index (χ1n) is 7.45. The molecule has 0 amide bonds. The van der Waals surface area contributed by atoms with Crippen LogP contribution in [-0.2, 0) is 6.54 Å². The van der Waals surface area contributed by atoms with E-state index in [9.17, 15) is 0 Å². The van der Waals surface area contributed by atoms with E-state index >= 15 is 0 Å². The van der Waals surface area contributed by atoms with Crippen LogP contribution in [0.15, 0.2) is 12.1 Å². The lowest BCUT2D eigenvalue weighted by molar-refractivity contribution is 0.237. The molecular formula is C15H23N5. The molecule has 0 aliphatic heterocycles. The fourth-order valence-electron chi connectivity index (χ4n) is 3.12. The van der Waals surface area contributed by atoms with Gasteiger partial charge in [0.05, 0.1) is 0 Å². The molecule has 5 heteroatoms. The van der Waals surface area contributed by atoms with Gasteiger partial charge in [0.1, 0.15) is 5.52 Å². The zero-order chi connectivity index (χ0) is 14.1. The number of pyridine rings is 1. The predicted octanol–water partition coefficient (Wildman–Crippen LogP) is 2.20. The maximum atomic E-state index is 6.04. The summed E-state index contributed by atoms with van der Waals surface area (Å²) in [7, 11) is 2.21. The van der Waals surface area contributed by atoms with Gasteiger partial charge in [-0.15, -0.1) is 0 Å². The first kappa shape index (κ1) is 13.4. The molecule has 0 spiro atoms. The molecule has 0 unspecified atom stereocenters. The zero-order valence-corrected chi connectivity index (χ0v) is 12.3. The molecule has 5 nitrogen and oxygen atoms in total.